The van der Waals surface area contributed by atoms with Crippen molar-refractivity contribution in [3.8, 4) is 5.75 Å². The number of nitrogens with zero attached hydrogens (tertiary/aromatic N) is 4. The quantitative estimate of drug-likeness (QED) is 0.611. The van der Waals surface area contributed by atoms with Crippen molar-refractivity contribution in [3.05, 3.63) is 48.4 Å². The van der Waals surface area contributed by atoms with Crippen molar-refractivity contribution in [1.29, 1.82) is 0 Å². The zero-order valence-corrected chi connectivity index (χ0v) is 14.3. The van der Waals surface area contributed by atoms with Gasteiger partial charge in [-0.25, -0.2) is 4.68 Å². The number of tetrazole rings is 1. The van der Waals surface area contributed by atoms with Crippen molar-refractivity contribution in [2.24, 2.45) is 0 Å². The van der Waals surface area contributed by atoms with E-state index in [1.165, 1.54) is 23.1 Å². The molecule has 3 rings (SSSR count). The average molecular weight is 399 g/mol. The molecule has 0 saturated heterocycles. The lowest BCUT2D eigenvalue weighted by Gasteiger charge is -2.09. The first-order valence-corrected chi connectivity index (χ1v) is 8.44. The summed E-state index contributed by atoms with van der Waals surface area (Å²) in [6.45, 7) is 0.324. The Morgan fingerprint density at radius 1 is 1.26 bits per heavy atom. The molecule has 0 unspecified atom stereocenters. The lowest BCUT2D eigenvalue weighted by Crippen LogP contribution is -2.17. The minimum absolute atomic E-state index is 0.0132. The molecule has 1 aromatic carbocycles. The molecule has 0 radical (unpaired) electrons. The van der Waals surface area contributed by atoms with Crippen LogP contribution in [0.15, 0.2) is 52.2 Å². The van der Waals surface area contributed by atoms with Crippen LogP contribution in [0.4, 0.5) is 18.9 Å². The largest absolute Gasteiger partial charge is 0.573 e. The van der Waals surface area contributed by atoms with Gasteiger partial charge in [-0.2, -0.15) is 0 Å². The van der Waals surface area contributed by atoms with Crippen LogP contribution in [0.1, 0.15) is 5.76 Å². The molecule has 0 bridgehead atoms. The molecule has 0 saturated carbocycles. The number of alkyl halides is 3. The van der Waals surface area contributed by atoms with E-state index in [9.17, 15) is 18.0 Å². The van der Waals surface area contributed by atoms with Gasteiger partial charge in [-0.05, 0) is 46.8 Å². The molecule has 0 aliphatic rings. The first kappa shape index (κ1) is 18.8. The summed E-state index contributed by atoms with van der Waals surface area (Å²) in [6.07, 6.45) is -3.23. The predicted octanol–water partition coefficient (Wildman–Crippen LogP) is 2.94. The van der Waals surface area contributed by atoms with Crippen LogP contribution in [0.25, 0.3) is 0 Å². The topological polar surface area (TPSA) is 95.1 Å². The van der Waals surface area contributed by atoms with E-state index >= 15 is 0 Å². The lowest BCUT2D eigenvalue weighted by atomic mass is 10.3. The van der Waals surface area contributed by atoms with Gasteiger partial charge >= 0.3 is 6.36 Å². The molecule has 8 nitrogen and oxygen atoms in total. The number of anilines is 1. The minimum Gasteiger partial charge on any atom is -0.467 e. The molecule has 1 amide bonds. The van der Waals surface area contributed by atoms with Crippen LogP contribution in [0.2, 0.25) is 0 Å². The third-order valence-corrected chi connectivity index (χ3v) is 4.05. The van der Waals surface area contributed by atoms with Crippen molar-refractivity contribution in [3.63, 3.8) is 0 Å². The number of hydrogen-bond donors (Lipinski definition) is 1. The number of aromatic nitrogens is 4. The summed E-state index contributed by atoms with van der Waals surface area (Å²) in [4.78, 5) is 12.0. The summed E-state index contributed by atoms with van der Waals surface area (Å²) in [5, 5.41) is 14.2. The zero-order chi connectivity index (χ0) is 19.3. The predicted molar refractivity (Wildman–Crippen MR) is 88.1 cm³/mol. The van der Waals surface area contributed by atoms with E-state index in [1.807, 2.05) is 0 Å². The van der Waals surface area contributed by atoms with E-state index in [2.05, 4.69) is 25.6 Å². The van der Waals surface area contributed by atoms with Crippen LogP contribution in [0.5, 0.6) is 5.75 Å². The zero-order valence-electron chi connectivity index (χ0n) is 13.5. The van der Waals surface area contributed by atoms with Gasteiger partial charge < -0.3 is 14.5 Å². The molecule has 12 heteroatoms. The monoisotopic (exact) mass is 399 g/mol. The van der Waals surface area contributed by atoms with Gasteiger partial charge in [0.2, 0.25) is 11.1 Å². The van der Waals surface area contributed by atoms with Gasteiger partial charge in [0.25, 0.3) is 0 Å². The first-order valence-electron chi connectivity index (χ1n) is 7.46. The summed E-state index contributed by atoms with van der Waals surface area (Å²) in [5.74, 6) is -0.0573. The Morgan fingerprint density at radius 3 is 2.70 bits per heavy atom. The molecule has 0 spiro atoms. The summed E-state index contributed by atoms with van der Waals surface area (Å²) in [7, 11) is 0. The standard InChI is InChI=1S/C15H12F3N5O3S/c16-15(17,18)26-11-5-3-10(4-6-11)19-13(24)9-27-14-20-21-22-23(14)8-12-2-1-7-25-12/h1-7H,8-9H2,(H,19,24). The normalized spacial score (nSPS) is 11.4. The highest BCUT2D eigenvalue weighted by Crippen LogP contribution is 2.24. The van der Waals surface area contributed by atoms with Crippen LogP contribution in [-0.2, 0) is 11.3 Å². The molecule has 0 fully saturated rings. The molecular weight excluding hydrogens is 387 g/mol. The smallest absolute Gasteiger partial charge is 0.467 e. The second-order valence-electron chi connectivity index (χ2n) is 5.11. The molecule has 0 aliphatic carbocycles. The number of rotatable bonds is 7. The van der Waals surface area contributed by atoms with E-state index in [0.29, 0.717) is 23.1 Å². The van der Waals surface area contributed by atoms with Crippen molar-refractivity contribution in [2.75, 3.05) is 11.1 Å². The fourth-order valence-electron chi connectivity index (χ4n) is 2.02. The molecule has 1 N–H and O–H groups in total. The molecule has 2 aromatic heterocycles. The Balaban J connectivity index is 1.51. The Morgan fingerprint density at radius 2 is 2.04 bits per heavy atom. The second-order valence-corrected chi connectivity index (χ2v) is 6.05. The van der Waals surface area contributed by atoms with Gasteiger partial charge in [-0.15, -0.1) is 18.3 Å². The summed E-state index contributed by atoms with van der Waals surface area (Å²) in [5.41, 5.74) is 0.338. The number of furan rings is 1. The van der Waals surface area contributed by atoms with Gasteiger partial charge in [0.05, 0.1) is 12.0 Å². The van der Waals surface area contributed by atoms with Gasteiger partial charge in [0, 0.05) is 5.69 Å². The van der Waals surface area contributed by atoms with Gasteiger partial charge in [0.15, 0.2) is 0 Å². The molecule has 2 heterocycles. The summed E-state index contributed by atoms with van der Waals surface area (Å²) < 4.78 is 46.8. The third kappa shape index (κ3) is 5.74. The number of amides is 1. The number of thioether (sulfide) groups is 1. The Hall–Kier alpha value is -3.02. The fourth-order valence-corrected chi connectivity index (χ4v) is 2.69. The van der Waals surface area contributed by atoms with Crippen LogP contribution in [0, 0.1) is 0 Å². The van der Waals surface area contributed by atoms with Crippen molar-refractivity contribution in [1.82, 2.24) is 20.2 Å². The van der Waals surface area contributed by atoms with Crippen LogP contribution in [-0.4, -0.2) is 38.2 Å². The van der Waals surface area contributed by atoms with E-state index in [-0.39, 0.29) is 17.4 Å². The van der Waals surface area contributed by atoms with Crippen molar-refractivity contribution >= 4 is 23.4 Å². The number of halogens is 3. The highest BCUT2D eigenvalue weighted by Gasteiger charge is 2.30. The lowest BCUT2D eigenvalue weighted by molar-refractivity contribution is -0.274. The van der Waals surface area contributed by atoms with Gasteiger partial charge in [0.1, 0.15) is 18.1 Å². The van der Waals surface area contributed by atoms with Crippen LogP contribution >= 0.6 is 11.8 Å². The highest BCUT2D eigenvalue weighted by molar-refractivity contribution is 7.99. The molecule has 142 valence electrons. The minimum atomic E-state index is -4.76. The summed E-state index contributed by atoms with van der Waals surface area (Å²) in [6, 6.07) is 8.36. The molecular formula is C15H12F3N5O3S. The van der Waals surface area contributed by atoms with E-state index in [1.54, 1.807) is 12.1 Å². The van der Waals surface area contributed by atoms with Crippen LogP contribution in [0.3, 0.4) is 0 Å². The summed E-state index contributed by atoms with van der Waals surface area (Å²) >= 11 is 1.11. The number of benzene rings is 1. The molecule has 3 aromatic rings. The second kappa shape index (κ2) is 8.12. The number of carbonyl (C=O) groups excluding carboxylic acids is 1. The maximum absolute atomic E-state index is 12.1. The SMILES string of the molecule is O=C(CSc1nnnn1Cc1ccco1)Nc1ccc(OC(F)(F)F)cc1. The first-order chi connectivity index (χ1) is 12.9. The molecule has 27 heavy (non-hydrogen) atoms. The highest BCUT2D eigenvalue weighted by atomic mass is 32.2. The van der Waals surface area contributed by atoms with Crippen LogP contribution < -0.4 is 10.1 Å². The molecule has 0 aliphatic heterocycles. The fraction of sp³-hybridized carbons (Fsp3) is 0.200. The van der Waals surface area contributed by atoms with Gasteiger partial charge in [-0.1, -0.05) is 11.8 Å². The van der Waals surface area contributed by atoms with E-state index in [0.717, 1.165) is 23.9 Å². The molecule has 0 atom stereocenters. The maximum atomic E-state index is 12.1. The van der Waals surface area contributed by atoms with Crippen molar-refractivity contribution in [2.45, 2.75) is 18.1 Å². The average Bonchev–Trinajstić information content (AvgIpc) is 3.26. The Kier molecular flexibility index (Phi) is 5.64. The van der Waals surface area contributed by atoms with Gasteiger partial charge in [-0.3, -0.25) is 4.79 Å². The number of ether oxygens (including phenoxy) is 1. The van der Waals surface area contributed by atoms with E-state index < -0.39 is 6.36 Å². The number of hydrogen-bond acceptors (Lipinski definition) is 7. The Labute approximate surface area is 154 Å². The van der Waals surface area contributed by atoms with E-state index in [4.69, 9.17) is 4.42 Å². The third-order valence-electron chi connectivity index (χ3n) is 3.09. The number of carbonyl (C=O) groups is 1. The number of nitrogens with one attached hydrogen (secondary N) is 1. The Bertz CT molecular complexity index is 881. The maximum Gasteiger partial charge on any atom is 0.573 e. The van der Waals surface area contributed by atoms with Crippen molar-refractivity contribution < 1.29 is 27.1 Å².